The van der Waals surface area contributed by atoms with Gasteiger partial charge in [-0.1, -0.05) is 12.1 Å². The van der Waals surface area contributed by atoms with Crippen molar-refractivity contribution >= 4 is 27.7 Å². The number of nitrogens with zero attached hydrogens (tertiary/aromatic N) is 1. The number of methoxy groups -OCH3 is 1. The predicted molar refractivity (Wildman–Crippen MR) is 121 cm³/mol. The molecular formula is C22H26N4O7S. The summed E-state index contributed by atoms with van der Waals surface area (Å²) in [5.41, 5.74) is 1.22. The number of primary sulfonamides is 1. The number of nitrogens with one attached hydrogen (secondary N) is 2. The lowest BCUT2D eigenvalue weighted by molar-refractivity contribution is -0.139. The molecule has 1 saturated heterocycles. The van der Waals surface area contributed by atoms with Crippen LogP contribution in [0, 0.1) is 0 Å². The highest BCUT2D eigenvalue weighted by Gasteiger charge is 2.31. The number of carbonyl (C=O) groups excluding carboxylic acids is 3. The fourth-order valence-corrected chi connectivity index (χ4v) is 3.84. The Kier molecular flexibility index (Phi) is 8.21. The molecule has 1 atom stereocenters. The van der Waals surface area contributed by atoms with Crippen LogP contribution in [0.15, 0.2) is 53.4 Å². The van der Waals surface area contributed by atoms with Crippen molar-refractivity contribution in [2.45, 2.75) is 17.5 Å². The van der Waals surface area contributed by atoms with Crippen LogP contribution in [-0.2, 0) is 30.8 Å². The van der Waals surface area contributed by atoms with Crippen LogP contribution in [0.25, 0.3) is 0 Å². The minimum Gasteiger partial charge on any atom is -0.497 e. The summed E-state index contributed by atoms with van der Waals surface area (Å²) in [6.07, 6.45) is -0.302. The Morgan fingerprint density at radius 3 is 2.32 bits per heavy atom. The van der Waals surface area contributed by atoms with Crippen molar-refractivity contribution in [1.29, 1.82) is 0 Å². The number of hydrogen-bond donors (Lipinski definition) is 3. The van der Waals surface area contributed by atoms with Gasteiger partial charge in [-0.05, 0) is 48.4 Å². The molecule has 0 radical (unpaired) electrons. The largest absolute Gasteiger partial charge is 0.497 e. The summed E-state index contributed by atoms with van der Waals surface area (Å²) in [5, 5.41) is 10.0. The van der Waals surface area contributed by atoms with Gasteiger partial charge in [0.05, 0.1) is 25.2 Å². The quantitative estimate of drug-likeness (QED) is 0.426. The molecule has 1 aliphatic heterocycles. The fraction of sp³-hybridized carbons (Fsp3) is 0.318. The fourth-order valence-electron chi connectivity index (χ4n) is 3.33. The van der Waals surface area contributed by atoms with Gasteiger partial charge in [0.2, 0.25) is 10.0 Å². The Morgan fingerprint density at radius 1 is 1.06 bits per heavy atom. The van der Waals surface area contributed by atoms with E-state index in [-0.39, 0.29) is 23.9 Å². The number of nitrogens with two attached hydrogens (primary N) is 1. The Labute approximate surface area is 197 Å². The Hall–Kier alpha value is -3.48. The second-order valence-corrected chi connectivity index (χ2v) is 9.02. The highest BCUT2D eigenvalue weighted by Crippen LogP contribution is 2.17. The van der Waals surface area contributed by atoms with Crippen LogP contribution >= 0.6 is 0 Å². The number of benzene rings is 2. The summed E-state index contributed by atoms with van der Waals surface area (Å²) < 4.78 is 33.2. The summed E-state index contributed by atoms with van der Waals surface area (Å²) >= 11 is 0. The van der Waals surface area contributed by atoms with Gasteiger partial charge >= 0.3 is 11.8 Å². The average Bonchev–Trinajstić information content (AvgIpc) is 3.30. The van der Waals surface area contributed by atoms with E-state index in [0.29, 0.717) is 30.9 Å². The summed E-state index contributed by atoms with van der Waals surface area (Å²) in [4.78, 5) is 38.5. The van der Waals surface area contributed by atoms with Gasteiger partial charge in [0.25, 0.3) is 5.91 Å². The Bertz CT molecular complexity index is 1130. The van der Waals surface area contributed by atoms with Gasteiger partial charge in [-0.2, -0.15) is 0 Å². The van der Waals surface area contributed by atoms with Gasteiger partial charge in [-0.3, -0.25) is 14.4 Å². The maximum Gasteiger partial charge on any atom is 0.309 e. The smallest absolute Gasteiger partial charge is 0.309 e. The molecule has 1 heterocycles. The molecule has 3 rings (SSSR count). The van der Waals surface area contributed by atoms with Gasteiger partial charge in [0.1, 0.15) is 12.0 Å². The molecule has 0 bridgehead atoms. The first-order valence-electron chi connectivity index (χ1n) is 10.4. The van der Waals surface area contributed by atoms with E-state index in [1.54, 1.807) is 36.4 Å². The van der Waals surface area contributed by atoms with Crippen molar-refractivity contribution in [1.82, 2.24) is 15.5 Å². The van der Waals surface area contributed by atoms with Gasteiger partial charge in [-0.15, -0.1) is 0 Å². The summed E-state index contributed by atoms with van der Waals surface area (Å²) in [6, 6.07) is 12.6. The molecule has 11 nitrogen and oxygen atoms in total. The molecule has 12 heteroatoms. The third-order valence-electron chi connectivity index (χ3n) is 5.18. The summed E-state index contributed by atoms with van der Waals surface area (Å²) in [5.74, 6) is -1.30. The normalized spacial score (nSPS) is 15.6. The predicted octanol–water partition coefficient (Wildman–Crippen LogP) is -0.384. The molecule has 2 aromatic rings. The lowest BCUT2D eigenvalue weighted by Crippen LogP contribution is -2.47. The van der Waals surface area contributed by atoms with E-state index < -0.39 is 28.1 Å². The average molecular weight is 491 g/mol. The second kappa shape index (κ2) is 11.1. The molecule has 1 aliphatic rings. The van der Waals surface area contributed by atoms with Crippen LogP contribution in [0.2, 0.25) is 0 Å². The number of amides is 3. The molecule has 2 aromatic carbocycles. The zero-order chi connectivity index (χ0) is 24.7. The summed E-state index contributed by atoms with van der Waals surface area (Å²) in [7, 11) is -2.23. The molecule has 0 saturated carbocycles. The SMILES string of the molecule is COc1ccc(C(=O)N2CCO[C@@H]2CNC(=O)C(=O)NCCc2ccc(S(N)(=O)=O)cc2)cc1. The van der Waals surface area contributed by atoms with Gasteiger partial charge in [0, 0.05) is 18.7 Å². The first kappa shape index (κ1) is 25.1. The molecule has 0 spiro atoms. The van der Waals surface area contributed by atoms with Gasteiger partial charge in [-0.25, -0.2) is 13.6 Å². The van der Waals surface area contributed by atoms with Gasteiger partial charge in [0.15, 0.2) is 0 Å². The standard InChI is InChI=1S/C22H26N4O7S/c1-32-17-6-4-16(5-7-17)22(29)26-12-13-33-19(26)14-25-21(28)20(27)24-11-10-15-2-8-18(9-3-15)34(23,30)31/h2-9,19H,10-14H2,1H3,(H,24,27)(H,25,28)(H2,23,30,31)/t19-/m1/s1. The molecule has 3 amide bonds. The van der Waals surface area contributed by atoms with E-state index in [1.807, 2.05) is 0 Å². The van der Waals surface area contributed by atoms with Gasteiger partial charge < -0.3 is 25.0 Å². The van der Waals surface area contributed by atoms with Crippen LogP contribution < -0.4 is 20.5 Å². The maximum atomic E-state index is 12.8. The van der Waals surface area contributed by atoms with E-state index in [2.05, 4.69) is 10.6 Å². The highest BCUT2D eigenvalue weighted by molar-refractivity contribution is 7.89. The second-order valence-electron chi connectivity index (χ2n) is 7.46. The molecule has 4 N–H and O–H groups in total. The van der Waals surface area contributed by atoms with E-state index in [0.717, 1.165) is 5.56 Å². The third-order valence-corrected chi connectivity index (χ3v) is 6.11. The molecule has 0 aromatic heterocycles. The molecule has 0 aliphatic carbocycles. The Balaban J connectivity index is 1.44. The Morgan fingerprint density at radius 2 is 1.71 bits per heavy atom. The van der Waals surface area contributed by atoms with Crippen LogP contribution in [0.3, 0.4) is 0 Å². The first-order valence-corrected chi connectivity index (χ1v) is 12.0. The third kappa shape index (κ3) is 6.53. The number of carbonyl (C=O) groups is 3. The van der Waals surface area contributed by atoms with Crippen LogP contribution in [0.4, 0.5) is 0 Å². The zero-order valence-electron chi connectivity index (χ0n) is 18.5. The monoisotopic (exact) mass is 490 g/mol. The maximum absolute atomic E-state index is 12.8. The van der Waals surface area contributed by atoms with Crippen LogP contribution in [0.1, 0.15) is 15.9 Å². The number of sulfonamides is 1. The van der Waals surface area contributed by atoms with E-state index in [1.165, 1.54) is 24.1 Å². The minimum absolute atomic E-state index is 0.00619. The summed E-state index contributed by atoms with van der Waals surface area (Å²) in [6.45, 7) is 0.812. The molecular weight excluding hydrogens is 464 g/mol. The topological polar surface area (TPSA) is 157 Å². The zero-order valence-corrected chi connectivity index (χ0v) is 19.3. The van der Waals surface area contributed by atoms with Crippen molar-refractivity contribution in [2.75, 3.05) is 33.4 Å². The van der Waals surface area contributed by atoms with Crippen molar-refractivity contribution in [3.8, 4) is 5.75 Å². The van der Waals surface area contributed by atoms with Crippen molar-refractivity contribution in [3.63, 3.8) is 0 Å². The van der Waals surface area contributed by atoms with Crippen molar-refractivity contribution in [2.24, 2.45) is 5.14 Å². The lowest BCUT2D eigenvalue weighted by Gasteiger charge is -2.23. The molecule has 34 heavy (non-hydrogen) atoms. The minimum atomic E-state index is -3.77. The highest BCUT2D eigenvalue weighted by atomic mass is 32.2. The van der Waals surface area contributed by atoms with E-state index >= 15 is 0 Å². The number of hydrogen-bond acceptors (Lipinski definition) is 7. The van der Waals surface area contributed by atoms with Crippen molar-refractivity contribution in [3.05, 3.63) is 59.7 Å². The molecule has 0 unspecified atom stereocenters. The number of ether oxygens (including phenoxy) is 2. The first-order chi connectivity index (χ1) is 16.2. The van der Waals surface area contributed by atoms with E-state index in [9.17, 15) is 22.8 Å². The van der Waals surface area contributed by atoms with Crippen molar-refractivity contribution < 1.29 is 32.3 Å². The molecule has 1 fully saturated rings. The lowest BCUT2D eigenvalue weighted by atomic mass is 10.1. The van der Waals surface area contributed by atoms with Crippen LogP contribution in [-0.4, -0.2) is 70.6 Å². The van der Waals surface area contributed by atoms with Crippen LogP contribution in [0.5, 0.6) is 5.75 Å². The van der Waals surface area contributed by atoms with E-state index in [4.69, 9.17) is 14.6 Å². The molecule has 182 valence electrons. The number of rotatable bonds is 8.